The summed E-state index contributed by atoms with van der Waals surface area (Å²) in [7, 11) is 0. The van der Waals surface area contributed by atoms with Crippen molar-refractivity contribution in [2.75, 3.05) is 12.0 Å². The molecular formula is C13H14N4O2. The Labute approximate surface area is 110 Å². The Bertz CT molecular complexity index is 622. The van der Waals surface area contributed by atoms with Gasteiger partial charge in [0.2, 0.25) is 0 Å². The molecule has 0 aliphatic rings. The van der Waals surface area contributed by atoms with Crippen LogP contribution in [0.5, 0.6) is 5.75 Å². The number of hydrazone groups is 1. The summed E-state index contributed by atoms with van der Waals surface area (Å²) in [6.07, 6.45) is 3.04. The lowest BCUT2D eigenvalue weighted by Crippen LogP contribution is -2.10. The molecule has 2 aromatic rings. The van der Waals surface area contributed by atoms with Gasteiger partial charge in [-0.1, -0.05) is 12.1 Å². The lowest BCUT2D eigenvalue weighted by molar-refractivity contribution is 0.340. The van der Waals surface area contributed by atoms with E-state index < -0.39 is 5.69 Å². The van der Waals surface area contributed by atoms with Crippen molar-refractivity contribution in [3.05, 3.63) is 52.6 Å². The third-order valence-electron chi connectivity index (χ3n) is 2.28. The molecule has 0 aliphatic carbocycles. The highest BCUT2D eigenvalue weighted by Crippen LogP contribution is 2.15. The van der Waals surface area contributed by atoms with Gasteiger partial charge in [0.05, 0.1) is 12.8 Å². The summed E-state index contributed by atoms with van der Waals surface area (Å²) in [4.78, 5) is 17.0. The Kier molecular flexibility index (Phi) is 4.28. The number of rotatable bonds is 5. The highest BCUT2D eigenvalue weighted by Gasteiger charge is 1.98. The van der Waals surface area contributed by atoms with E-state index in [0.717, 1.165) is 11.3 Å². The molecule has 0 spiro atoms. The van der Waals surface area contributed by atoms with Crippen molar-refractivity contribution < 1.29 is 4.74 Å². The average Bonchev–Trinajstić information content (AvgIpc) is 2.41. The fourth-order valence-electron chi connectivity index (χ4n) is 1.48. The summed E-state index contributed by atoms with van der Waals surface area (Å²) in [5, 5.41) is 4.04. The molecule has 98 valence electrons. The Hall–Kier alpha value is -2.63. The van der Waals surface area contributed by atoms with Gasteiger partial charge in [-0.3, -0.25) is 10.4 Å². The second-order valence-electron chi connectivity index (χ2n) is 3.63. The maximum Gasteiger partial charge on any atom is 0.346 e. The Morgan fingerprint density at radius 2 is 2.26 bits per heavy atom. The molecule has 0 saturated carbocycles. The number of para-hydroxylation sites is 1. The number of benzene rings is 1. The van der Waals surface area contributed by atoms with Crippen molar-refractivity contribution in [2.45, 2.75) is 6.92 Å². The number of ether oxygens (including phenoxy) is 1. The standard InChI is InChI=1S/C13H14N4O2/c1-2-19-11-6-4-3-5-10(11)9-15-17-12-7-8-14-13(18)16-12/h3-9H,2H2,1H3,(H2,14,16,17,18)/b15-9+. The molecular weight excluding hydrogens is 244 g/mol. The summed E-state index contributed by atoms with van der Waals surface area (Å²) < 4.78 is 5.47. The van der Waals surface area contributed by atoms with Crippen LogP contribution in [0.15, 0.2) is 46.4 Å². The van der Waals surface area contributed by atoms with Gasteiger partial charge < -0.3 is 4.74 Å². The van der Waals surface area contributed by atoms with Crippen LogP contribution < -0.4 is 15.9 Å². The van der Waals surface area contributed by atoms with E-state index in [1.165, 1.54) is 6.20 Å². The van der Waals surface area contributed by atoms with Crippen LogP contribution in [0.25, 0.3) is 0 Å². The van der Waals surface area contributed by atoms with Crippen LogP contribution in [0.4, 0.5) is 5.82 Å². The Morgan fingerprint density at radius 1 is 1.42 bits per heavy atom. The first-order valence-electron chi connectivity index (χ1n) is 5.86. The molecule has 0 aliphatic heterocycles. The molecule has 0 amide bonds. The normalized spacial score (nSPS) is 10.6. The minimum Gasteiger partial charge on any atom is -0.493 e. The first kappa shape index (κ1) is 12.8. The molecule has 19 heavy (non-hydrogen) atoms. The van der Waals surface area contributed by atoms with E-state index in [1.54, 1.807) is 12.3 Å². The molecule has 0 unspecified atom stereocenters. The third-order valence-corrected chi connectivity index (χ3v) is 2.28. The van der Waals surface area contributed by atoms with Crippen LogP contribution >= 0.6 is 0 Å². The zero-order valence-electron chi connectivity index (χ0n) is 10.5. The van der Waals surface area contributed by atoms with Gasteiger partial charge in [-0.15, -0.1) is 0 Å². The second-order valence-corrected chi connectivity index (χ2v) is 3.63. The summed E-state index contributed by atoms with van der Waals surface area (Å²) in [5.74, 6) is 1.24. The van der Waals surface area contributed by atoms with Gasteiger partial charge in [-0.25, -0.2) is 9.78 Å². The number of nitrogens with zero attached hydrogens (tertiary/aromatic N) is 2. The molecule has 2 rings (SSSR count). The molecule has 0 atom stereocenters. The summed E-state index contributed by atoms with van der Waals surface area (Å²) in [6, 6.07) is 9.19. The largest absolute Gasteiger partial charge is 0.493 e. The highest BCUT2D eigenvalue weighted by atomic mass is 16.5. The van der Waals surface area contributed by atoms with Gasteiger partial charge in [-0.05, 0) is 25.1 Å². The smallest absolute Gasteiger partial charge is 0.346 e. The van der Waals surface area contributed by atoms with Gasteiger partial charge in [0.1, 0.15) is 11.6 Å². The SMILES string of the molecule is CCOc1ccccc1/C=N/Nc1ccnc(=O)[nH]1. The van der Waals surface area contributed by atoms with Gasteiger partial charge in [0.15, 0.2) is 0 Å². The van der Waals surface area contributed by atoms with Crippen LogP contribution in [0.2, 0.25) is 0 Å². The summed E-state index contributed by atoms with van der Waals surface area (Å²) in [6.45, 7) is 2.52. The molecule has 6 nitrogen and oxygen atoms in total. The molecule has 1 heterocycles. The van der Waals surface area contributed by atoms with E-state index in [2.05, 4.69) is 20.5 Å². The number of aromatic amines is 1. The van der Waals surface area contributed by atoms with Crippen molar-refractivity contribution in [2.24, 2.45) is 5.10 Å². The van der Waals surface area contributed by atoms with Gasteiger partial charge in [-0.2, -0.15) is 5.10 Å². The van der Waals surface area contributed by atoms with Gasteiger partial charge in [0.25, 0.3) is 0 Å². The first-order valence-corrected chi connectivity index (χ1v) is 5.86. The molecule has 0 bridgehead atoms. The van der Waals surface area contributed by atoms with Crippen LogP contribution in [-0.4, -0.2) is 22.8 Å². The third kappa shape index (κ3) is 3.67. The quantitative estimate of drug-likeness (QED) is 0.631. The maximum atomic E-state index is 11.0. The predicted octanol–water partition coefficient (Wildman–Crippen LogP) is 1.61. The van der Waals surface area contributed by atoms with Crippen molar-refractivity contribution in [3.63, 3.8) is 0 Å². The monoisotopic (exact) mass is 258 g/mol. The van der Waals surface area contributed by atoms with E-state index in [4.69, 9.17) is 4.74 Å². The number of hydrogen-bond acceptors (Lipinski definition) is 5. The molecule has 2 N–H and O–H groups in total. The molecule has 0 saturated heterocycles. The van der Waals surface area contributed by atoms with Crippen molar-refractivity contribution >= 4 is 12.0 Å². The predicted molar refractivity (Wildman–Crippen MR) is 73.7 cm³/mol. The van der Waals surface area contributed by atoms with Crippen molar-refractivity contribution in [3.8, 4) is 5.75 Å². The summed E-state index contributed by atoms with van der Waals surface area (Å²) >= 11 is 0. The summed E-state index contributed by atoms with van der Waals surface area (Å²) in [5.41, 5.74) is 3.16. The topological polar surface area (TPSA) is 79.4 Å². The number of anilines is 1. The van der Waals surface area contributed by atoms with E-state index in [-0.39, 0.29) is 0 Å². The number of H-pyrrole nitrogens is 1. The van der Waals surface area contributed by atoms with Crippen LogP contribution in [-0.2, 0) is 0 Å². The first-order chi connectivity index (χ1) is 9.29. The zero-order chi connectivity index (χ0) is 13.5. The minimum atomic E-state index is -0.421. The van der Waals surface area contributed by atoms with E-state index in [0.29, 0.717) is 12.4 Å². The van der Waals surface area contributed by atoms with Gasteiger partial charge >= 0.3 is 5.69 Å². The van der Waals surface area contributed by atoms with E-state index >= 15 is 0 Å². The fourth-order valence-corrected chi connectivity index (χ4v) is 1.48. The van der Waals surface area contributed by atoms with E-state index in [1.807, 2.05) is 31.2 Å². The second kappa shape index (κ2) is 6.34. The van der Waals surface area contributed by atoms with Crippen molar-refractivity contribution in [1.82, 2.24) is 9.97 Å². The Morgan fingerprint density at radius 3 is 3.05 bits per heavy atom. The zero-order valence-corrected chi connectivity index (χ0v) is 10.5. The molecule has 1 aromatic heterocycles. The van der Waals surface area contributed by atoms with Crippen LogP contribution in [0.1, 0.15) is 12.5 Å². The van der Waals surface area contributed by atoms with Crippen molar-refractivity contribution in [1.29, 1.82) is 0 Å². The number of hydrogen-bond donors (Lipinski definition) is 2. The molecule has 6 heteroatoms. The molecule has 0 radical (unpaired) electrons. The molecule has 0 fully saturated rings. The number of aromatic nitrogens is 2. The average molecular weight is 258 g/mol. The van der Waals surface area contributed by atoms with Crippen LogP contribution in [0, 0.1) is 0 Å². The highest BCUT2D eigenvalue weighted by molar-refractivity contribution is 5.83. The Balaban J connectivity index is 2.08. The lowest BCUT2D eigenvalue weighted by atomic mass is 10.2. The minimum absolute atomic E-state index is 0.421. The maximum absolute atomic E-state index is 11.0. The van der Waals surface area contributed by atoms with Crippen LogP contribution in [0.3, 0.4) is 0 Å². The molecule has 1 aromatic carbocycles. The van der Waals surface area contributed by atoms with E-state index in [9.17, 15) is 4.79 Å². The fraction of sp³-hybridized carbons (Fsp3) is 0.154. The van der Waals surface area contributed by atoms with Gasteiger partial charge in [0, 0.05) is 11.8 Å². The number of nitrogens with one attached hydrogen (secondary N) is 2. The lowest BCUT2D eigenvalue weighted by Gasteiger charge is -2.05.